The van der Waals surface area contributed by atoms with Crippen LogP contribution >= 0.6 is 0 Å². The number of aromatic nitrogens is 1. The van der Waals surface area contributed by atoms with Crippen LogP contribution in [0.1, 0.15) is 54.4 Å². The van der Waals surface area contributed by atoms with Crippen LogP contribution in [0.2, 0.25) is 0 Å². The molecular formula is C21H19N3O6. The third-order valence-corrected chi connectivity index (χ3v) is 5.48. The van der Waals surface area contributed by atoms with E-state index in [1.807, 2.05) is 13.8 Å². The first kappa shape index (κ1) is 19.7. The van der Waals surface area contributed by atoms with Crippen molar-refractivity contribution in [1.29, 1.82) is 0 Å². The predicted molar refractivity (Wildman–Crippen MR) is 104 cm³/mol. The van der Waals surface area contributed by atoms with E-state index in [1.54, 1.807) is 30.3 Å². The second-order valence-electron chi connectivity index (χ2n) is 8.34. The number of rotatable bonds is 4. The first-order valence-corrected chi connectivity index (χ1v) is 9.45. The molecule has 4 rings (SSSR count). The fraction of sp³-hybridized carbons (Fsp3) is 0.333. The molecule has 0 radical (unpaired) electrons. The van der Waals surface area contributed by atoms with Gasteiger partial charge in [-0.05, 0) is 5.41 Å². The monoisotopic (exact) mass is 409 g/mol. The maximum atomic E-state index is 12.8. The third kappa shape index (κ3) is 3.22. The van der Waals surface area contributed by atoms with Crippen LogP contribution in [0, 0.1) is 21.4 Å². The summed E-state index contributed by atoms with van der Waals surface area (Å²) in [6.07, 6.45) is 1.36. The van der Waals surface area contributed by atoms with Crippen LogP contribution in [0.5, 0.6) is 0 Å². The molecule has 2 heterocycles. The zero-order chi connectivity index (χ0) is 21.6. The number of benzene rings is 1. The molecular weight excluding hydrogens is 390 g/mol. The van der Waals surface area contributed by atoms with E-state index >= 15 is 0 Å². The SMILES string of the molecule is CC1(C)CC(=O)C(C2C([N+](=O)[O-])=CNc3c2noc3C(=O)c2ccccc2)C(=O)C1. The summed E-state index contributed by atoms with van der Waals surface area (Å²) in [6.45, 7) is 3.62. The summed E-state index contributed by atoms with van der Waals surface area (Å²) in [4.78, 5) is 49.5. The van der Waals surface area contributed by atoms with Crippen molar-refractivity contribution in [2.45, 2.75) is 32.6 Å². The molecule has 1 N–H and O–H groups in total. The molecule has 9 nitrogen and oxygen atoms in total. The van der Waals surface area contributed by atoms with Gasteiger partial charge in [0.1, 0.15) is 28.9 Å². The molecule has 0 bridgehead atoms. The molecule has 0 spiro atoms. The number of carbonyl (C=O) groups excluding carboxylic acids is 3. The van der Waals surface area contributed by atoms with E-state index in [9.17, 15) is 24.5 Å². The van der Waals surface area contributed by atoms with Crippen LogP contribution in [-0.2, 0) is 9.59 Å². The van der Waals surface area contributed by atoms with Gasteiger partial charge in [-0.15, -0.1) is 0 Å². The van der Waals surface area contributed by atoms with Crippen molar-refractivity contribution in [3.8, 4) is 0 Å². The molecule has 1 aromatic carbocycles. The lowest BCUT2D eigenvalue weighted by Crippen LogP contribution is -2.42. The lowest BCUT2D eigenvalue weighted by atomic mass is 9.66. The number of nitrogens with zero attached hydrogens (tertiary/aromatic N) is 2. The minimum absolute atomic E-state index is 0.0230. The lowest BCUT2D eigenvalue weighted by Gasteiger charge is -2.34. The van der Waals surface area contributed by atoms with Crippen molar-refractivity contribution >= 4 is 23.0 Å². The van der Waals surface area contributed by atoms with Crippen LogP contribution < -0.4 is 5.32 Å². The zero-order valence-electron chi connectivity index (χ0n) is 16.4. The molecule has 0 saturated heterocycles. The van der Waals surface area contributed by atoms with E-state index in [2.05, 4.69) is 10.5 Å². The van der Waals surface area contributed by atoms with Gasteiger partial charge in [-0.25, -0.2) is 0 Å². The molecule has 30 heavy (non-hydrogen) atoms. The highest BCUT2D eigenvalue weighted by Crippen LogP contribution is 2.46. The van der Waals surface area contributed by atoms with Gasteiger partial charge in [0.25, 0.3) is 5.70 Å². The molecule has 1 fully saturated rings. The van der Waals surface area contributed by atoms with Crippen LogP contribution in [-0.4, -0.2) is 27.4 Å². The third-order valence-electron chi connectivity index (χ3n) is 5.48. The average Bonchev–Trinajstić information content (AvgIpc) is 3.10. The lowest BCUT2D eigenvalue weighted by molar-refractivity contribution is -0.431. The number of ketones is 3. The van der Waals surface area contributed by atoms with E-state index in [1.165, 1.54) is 0 Å². The van der Waals surface area contributed by atoms with Gasteiger partial charge in [0.05, 0.1) is 17.0 Å². The van der Waals surface area contributed by atoms with Gasteiger partial charge >= 0.3 is 0 Å². The number of carbonyl (C=O) groups is 3. The summed E-state index contributed by atoms with van der Waals surface area (Å²) in [5.41, 5.74) is -0.344. The minimum Gasteiger partial charge on any atom is -0.351 e. The Labute approximate surface area is 171 Å². The summed E-state index contributed by atoms with van der Waals surface area (Å²) >= 11 is 0. The van der Waals surface area contributed by atoms with E-state index in [4.69, 9.17) is 4.52 Å². The van der Waals surface area contributed by atoms with Gasteiger partial charge in [0.2, 0.25) is 11.5 Å². The Morgan fingerprint density at radius 2 is 1.80 bits per heavy atom. The van der Waals surface area contributed by atoms with Crippen molar-refractivity contribution in [2.24, 2.45) is 11.3 Å². The second kappa shape index (κ2) is 7.01. The van der Waals surface area contributed by atoms with Crippen LogP contribution in [0.3, 0.4) is 0 Å². The molecule has 1 aliphatic heterocycles. The van der Waals surface area contributed by atoms with Gasteiger partial charge in [0.15, 0.2) is 0 Å². The standard InChI is InChI=1S/C21H19N3O6/c1-21(2)8-13(25)16(14(26)9-21)15-12(24(28)29)10-22-18-17(15)23-30-20(18)19(27)11-6-4-3-5-7-11/h3-7,10,15-16,22H,8-9H2,1-2H3. The maximum Gasteiger partial charge on any atom is 0.272 e. The fourth-order valence-corrected chi connectivity index (χ4v) is 4.18. The van der Waals surface area contributed by atoms with Gasteiger partial charge in [-0.2, -0.15) is 0 Å². The van der Waals surface area contributed by atoms with Gasteiger partial charge in [-0.3, -0.25) is 24.5 Å². The van der Waals surface area contributed by atoms with Gasteiger partial charge in [0, 0.05) is 18.4 Å². The van der Waals surface area contributed by atoms with Crippen LogP contribution in [0.15, 0.2) is 46.8 Å². The number of hydrogen-bond acceptors (Lipinski definition) is 8. The summed E-state index contributed by atoms with van der Waals surface area (Å²) in [6, 6.07) is 8.35. The predicted octanol–water partition coefficient (Wildman–Crippen LogP) is 3.11. The van der Waals surface area contributed by atoms with Gasteiger partial charge < -0.3 is 9.84 Å². The highest BCUT2D eigenvalue weighted by atomic mass is 16.6. The Morgan fingerprint density at radius 1 is 1.17 bits per heavy atom. The molecule has 2 aliphatic rings. The Balaban J connectivity index is 1.79. The largest absolute Gasteiger partial charge is 0.351 e. The Kier molecular flexibility index (Phi) is 4.60. The Bertz CT molecular complexity index is 1080. The molecule has 1 aromatic heterocycles. The van der Waals surface area contributed by atoms with Crippen molar-refractivity contribution < 1.29 is 23.8 Å². The highest BCUT2D eigenvalue weighted by Gasteiger charge is 2.51. The number of hydrogen-bond donors (Lipinski definition) is 1. The van der Waals surface area contributed by atoms with Crippen molar-refractivity contribution in [3.63, 3.8) is 0 Å². The van der Waals surface area contributed by atoms with Crippen molar-refractivity contribution in [2.75, 3.05) is 5.32 Å². The molecule has 9 heteroatoms. The first-order chi connectivity index (χ1) is 14.2. The smallest absolute Gasteiger partial charge is 0.272 e. The first-order valence-electron chi connectivity index (χ1n) is 9.45. The molecule has 1 atom stereocenters. The quantitative estimate of drug-likeness (QED) is 0.352. The maximum absolute atomic E-state index is 12.8. The minimum atomic E-state index is -1.24. The van der Waals surface area contributed by atoms with E-state index < -0.39 is 28.0 Å². The molecule has 1 unspecified atom stereocenters. The number of nitro groups is 1. The molecule has 2 aromatic rings. The highest BCUT2D eigenvalue weighted by molar-refractivity contribution is 6.11. The van der Waals surface area contributed by atoms with Crippen molar-refractivity contribution in [3.05, 3.63) is 69.4 Å². The number of anilines is 1. The van der Waals surface area contributed by atoms with E-state index in [0.717, 1.165) is 6.20 Å². The van der Waals surface area contributed by atoms with E-state index in [-0.39, 0.29) is 47.2 Å². The molecule has 1 aliphatic carbocycles. The number of Topliss-reactive ketones (excluding diaryl/α,β-unsaturated/α-hetero) is 2. The fourth-order valence-electron chi connectivity index (χ4n) is 4.18. The Morgan fingerprint density at radius 3 is 2.40 bits per heavy atom. The zero-order valence-corrected chi connectivity index (χ0v) is 16.4. The number of allylic oxidation sites excluding steroid dienone is 1. The van der Waals surface area contributed by atoms with Crippen molar-refractivity contribution in [1.82, 2.24) is 5.16 Å². The molecule has 0 amide bonds. The number of nitrogens with one attached hydrogen (secondary N) is 1. The normalized spacial score (nSPS) is 20.9. The average molecular weight is 409 g/mol. The molecule has 154 valence electrons. The summed E-state index contributed by atoms with van der Waals surface area (Å²) < 4.78 is 5.25. The number of fused-ring (bicyclic) bond motifs is 1. The van der Waals surface area contributed by atoms with Crippen LogP contribution in [0.25, 0.3) is 0 Å². The van der Waals surface area contributed by atoms with Crippen LogP contribution in [0.4, 0.5) is 5.69 Å². The topological polar surface area (TPSA) is 132 Å². The molecule has 1 saturated carbocycles. The van der Waals surface area contributed by atoms with E-state index in [0.29, 0.717) is 5.56 Å². The summed E-state index contributed by atoms with van der Waals surface area (Å²) in [5.74, 6) is -3.79. The second-order valence-corrected chi connectivity index (χ2v) is 8.34. The van der Waals surface area contributed by atoms with Gasteiger partial charge in [-0.1, -0.05) is 49.3 Å². The summed E-state index contributed by atoms with van der Waals surface area (Å²) in [5, 5.41) is 18.3. The Hall–Kier alpha value is -3.62. The summed E-state index contributed by atoms with van der Waals surface area (Å²) in [7, 11) is 0.